The van der Waals surface area contributed by atoms with Crippen LogP contribution in [0.4, 0.5) is 0 Å². The van der Waals surface area contributed by atoms with E-state index in [1.807, 2.05) is 11.4 Å². The van der Waals surface area contributed by atoms with E-state index in [4.69, 9.17) is 17.3 Å². The zero-order chi connectivity index (χ0) is 7.56. The Kier molecular flexibility index (Phi) is 2.49. The first-order valence-corrected chi connectivity index (χ1v) is 4.12. The van der Waals surface area contributed by atoms with Crippen LogP contribution in [0.25, 0.3) is 0 Å². The van der Waals surface area contributed by atoms with Crippen LogP contribution in [0.3, 0.4) is 0 Å². The van der Waals surface area contributed by atoms with Gasteiger partial charge in [0.25, 0.3) is 0 Å². The first-order chi connectivity index (χ1) is 4.75. The fourth-order valence-corrected chi connectivity index (χ4v) is 1.69. The van der Waals surface area contributed by atoms with E-state index in [-0.39, 0.29) is 6.04 Å². The summed E-state index contributed by atoms with van der Waals surface area (Å²) in [6, 6.07) is 1.79. The van der Waals surface area contributed by atoms with Crippen molar-refractivity contribution in [2.45, 2.75) is 6.04 Å². The molecule has 54 valence electrons. The molecule has 2 N–H and O–H groups in total. The summed E-state index contributed by atoms with van der Waals surface area (Å²) >= 11 is 7.29. The highest BCUT2D eigenvalue weighted by molar-refractivity contribution is 7.14. The number of halogens is 1. The second-order valence-electron chi connectivity index (χ2n) is 1.91. The molecule has 3 heteroatoms. The number of rotatable bonds is 2. The molecule has 0 saturated heterocycles. The number of hydrogen-bond donors (Lipinski definition) is 1. The van der Waals surface area contributed by atoms with Gasteiger partial charge in [0.2, 0.25) is 0 Å². The van der Waals surface area contributed by atoms with E-state index in [0.717, 1.165) is 9.90 Å². The average molecular weight is 174 g/mol. The molecule has 0 fully saturated rings. The summed E-state index contributed by atoms with van der Waals surface area (Å²) in [6.07, 6.45) is 1.67. The van der Waals surface area contributed by atoms with E-state index in [0.29, 0.717) is 0 Å². The third-order valence-electron chi connectivity index (χ3n) is 1.26. The van der Waals surface area contributed by atoms with Gasteiger partial charge in [-0.3, -0.25) is 0 Å². The SMILES string of the molecule is C=C[C@@H](N)c1ccsc1Cl. The molecule has 0 aromatic carbocycles. The first kappa shape index (κ1) is 7.79. The molecule has 0 unspecified atom stereocenters. The van der Waals surface area contributed by atoms with Crippen LogP contribution in [0.2, 0.25) is 4.34 Å². The zero-order valence-electron chi connectivity index (χ0n) is 5.38. The van der Waals surface area contributed by atoms with Crippen molar-refractivity contribution in [3.63, 3.8) is 0 Å². The minimum absolute atomic E-state index is 0.126. The van der Waals surface area contributed by atoms with Crippen molar-refractivity contribution in [2.75, 3.05) is 0 Å². The molecule has 0 spiro atoms. The van der Waals surface area contributed by atoms with Gasteiger partial charge in [-0.25, -0.2) is 0 Å². The smallest absolute Gasteiger partial charge is 0.0979 e. The van der Waals surface area contributed by atoms with E-state index < -0.39 is 0 Å². The summed E-state index contributed by atoms with van der Waals surface area (Å²) in [5.74, 6) is 0. The molecule has 0 saturated carbocycles. The minimum Gasteiger partial charge on any atom is -0.321 e. The van der Waals surface area contributed by atoms with Crippen molar-refractivity contribution in [1.82, 2.24) is 0 Å². The van der Waals surface area contributed by atoms with Crippen molar-refractivity contribution < 1.29 is 0 Å². The largest absolute Gasteiger partial charge is 0.321 e. The van der Waals surface area contributed by atoms with Crippen LogP contribution in [-0.2, 0) is 0 Å². The normalized spacial score (nSPS) is 13.0. The van der Waals surface area contributed by atoms with Crippen molar-refractivity contribution in [3.8, 4) is 0 Å². The summed E-state index contributed by atoms with van der Waals surface area (Å²) in [5, 5.41) is 1.92. The topological polar surface area (TPSA) is 26.0 Å². The zero-order valence-corrected chi connectivity index (χ0v) is 6.95. The highest BCUT2D eigenvalue weighted by Crippen LogP contribution is 2.27. The molecular weight excluding hydrogens is 166 g/mol. The lowest BCUT2D eigenvalue weighted by Gasteiger charge is -2.01. The monoisotopic (exact) mass is 173 g/mol. The van der Waals surface area contributed by atoms with Crippen LogP contribution < -0.4 is 5.73 Å². The summed E-state index contributed by atoms with van der Waals surface area (Å²) in [4.78, 5) is 0. The second-order valence-corrected chi connectivity index (χ2v) is 3.43. The lowest BCUT2D eigenvalue weighted by atomic mass is 10.2. The highest BCUT2D eigenvalue weighted by Gasteiger charge is 2.05. The molecule has 1 nitrogen and oxygen atoms in total. The Balaban J connectivity index is 2.92. The third-order valence-corrected chi connectivity index (χ3v) is 2.46. The third kappa shape index (κ3) is 1.40. The maximum Gasteiger partial charge on any atom is 0.0979 e. The molecule has 0 aliphatic heterocycles. The van der Waals surface area contributed by atoms with E-state index in [1.54, 1.807) is 6.08 Å². The Morgan fingerprint density at radius 1 is 1.80 bits per heavy atom. The van der Waals surface area contributed by atoms with E-state index in [2.05, 4.69) is 6.58 Å². The molecule has 1 aromatic rings. The van der Waals surface area contributed by atoms with E-state index >= 15 is 0 Å². The predicted molar refractivity (Wildman–Crippen MR) is 46.5 cm³/mol. The van der Waals surface area contributed by atoms with Gasteiger partial charge < -0.3 is 5.73 Å². The highest BCUT2D eigenvalue weighted by atomic mass is 35.5. The van der Waals surface area contributed by atoms with Crippen molar-refractivity contribution >= 4 is 22.9 Å². The standard InChI is InChI=1S/C7H8ClNS/c1-2-6(9)5-3-4-10-7(5)8/h2-4,6H,1,9H2/t6-/m1/s1. The molecule has 1 rings (SSSR count). The van der Waals surface area contributed by atoms with Gasteiger partial charge in [-0.05, 0) is 11.4 Å². The molecular formula is C7H8ClNS. The lowest BCUT2D eigenvalue weighted by molar-refractivity contribution is 0.921. The lowest BCUT2D eigenvalue weighted by Crippen LogP contribution is -2.04. The molecule has 0 aliphatic rings. The van der Waals surface area contributed by atoms with Crippen LogP contribution in [0.1, 0.15) is 11.6 Å². The molecule has 0 amide bonds. The fraction of sp³-hybridized carbons (Fsp3) is 0.143. The Hall–Kier alpha value is -0.310. The predicted octanol–water partition coefficient (Wildman–Crippen LogP) is 2.59. The average Bonchev–Trinajstić information content (AvgIpc) is 2.34. The molecule has 1 aromatic heterocycles. The Morgan fingerprint density at radius 2 is 2.50 bits per heavy atom. The van der Waals surface area contributed by atoms with Gasteiger partial charge in [0.15, 0.2) is 0 Å². The molecule has 10 heavy (non-hydrogen) atoms. The Bertz CT molecular complexity index is 231. The van der Waals surface area contributed by atoms with Crippen LogP contribution in [-0.4, -0.2) is 0 Å². The second kappa shape index (κ2) is 3.19. The van der Waals surface area contributed by atoms with Gasteiger partial charge in [-0.1, -0.05) is 17.7 Å². The molecule has 0 bridgehead atoms. The van der Waals surface area contributed by atoms with E-state index in [9.17, 15) is 0 Å². The van der Waals surface area contributed by atoms with Gasteiger partial charge in [0.05, 0.1) is 10.4 Å². The summed E-state index contributed by atoms with van der Waals surface area (Å²) in [7, 11) is 0. The van der Waals surface area contributed by atoms with Crippen LogP contribution in [0, 0.1) is 0 Å². The Morgan fingerprint density at radius 3 is 2.90 bits per heavy atom. The summed E-state index contributed by atoms with van der Waals surface area (Å²) in [6.45, 7) is 3.58. The van der Waals surface area contributed by atoms with Crippen LogP contribution >= 0.6 is 22.9 Å². The first-order valence-electron chi connectivity index (χ1n) is 2.86. The molecule has 1 atom stereocenters. The van der Waals surface area contributed by atoms with Crippen molar-refractivity contribution in [3.05, 3.63) is 34.0 Å². The van der Waals surface area contributed by atoms with Crippen molar-refractivity contribution in [1.29, 1.82) is 0 Å². The van der Waals surface area contributed by atoms with Gasteiger partial charge >= 0.3 is 0 Å². The van der Waals surface area contributed by atoms with Crippen LogP contribution in [0.5, 0.6) is 0 Å². The fourth-order valence-electron chi connectivity index (χ4n) is 0.670. The van der Waals surface area contributed by atoms with Gasteiger partial charge in [-0.2, -0.15) is 0 Å². The number of nitrogens with two attached hydrogens (primary N) is 1. The van der Waals surface area contributed by atoms with Crippen molar-refractivity contribution in [2.24, 2.45) is 5.73 Å². The summed E-state index contributed by atoms with van der Waals surface area (Å²) < 4.78 is 0.757. The molecule has 0 radical (unpaired) electrons. The van der Waals surface area contributed by atoms with E-state index in [1.165, 1.54) is 11.3 Å². The minimum atomic E-state index is -0.126. The summed E-state index contributed by atoms with van der Waals surface area (Å²) in [5.41, 5.74) is 6.60. The van der Waals surface area contributed by atoms with Gasteiger partial charge in [0, 0.05) is 5.56 Å². The number of hydrogen-bond acceptors (Lipinski definition) is 2. The Labute approximate surface area is 69.1 Å². The van der Waals surface area contributed by atoms with Crippen LogP contribution in [0.15, 0.2) is 24.1 Å². The quantitative estimate of drug-likeness (QED) is 0.684. The maximum absolute atomic E-state index is 5.80. The van der Waals surface area contributed by atoms with Gasteiger partial charge in [-0.15, -0.1) is 17.9 Å². The van der Waals surface area contributed by atoms with Gasteiger partial charge in [0.1, 0.15) is 0 Å². The molecule has 1 heterocycles. The number of thiophene rings is 1. The maximum atomic E-state index is 5.80. The molecule has 0 aliphatic carbocycles.